The summed E-state index contributed by atoms with van der Waals surface area (Å²) in [6.45, 7) is 0. The molecule has 21 heavy (non-hydrogen) atoms. The maximum Gasteiger partial charge on any atom is 0.234 e. The molecule has 0 saturated heterocycles. The van der Waals surface area contributed by atoms with Crippen LogP contribution in [0.25, 0.3) is 17.1 Å². The topological polar surface area (TPSA) is 52.3 Å². The number of para-hydroxylation sites is 1. The molecule has 0 aliphatic carbocycles. The van der Waals surface area contributed by atoms with Crippen LogP contribution >= 0.6 is 23.1 Å². The number of hydrogen-bond acceptors (Lipinski definition) is 6. The summed E-state index contributed by atoms with van der Waals surface area (Å²) in [5, 5.41) is 13.7. The number of methoxy groups -OCH3 is 1. The van der Waals surface area contributed by atoms with Crippen molar-refractivity contribution in [1.29, 1.82) is 0 Å². The second-order valence-electron chi connectivity index (χ2n) is 4.26. The first-order valence-electron chi connectivity index (χ1n) is 6.33. The number of aromatic nitrogens is 4. The molecule has 0 atom stereocenters. The van der Waals surface area contributed by atoms with E-state index in [4.69, 9.17) is 4.74 Å². The zero-order valence-corrected chi connectivity index (χ0v) is 13.3. The van der Waals surface area contributed by atoms with Gasteiger partial charge in [0.25, 0.3) is 0 Å². The lowest BCUT2D eigenvalue weighted by molar-refractivity contribution is 0.414. The summed E-state index contributed by atoms with van der Waals surface area (Å²) in [6.07, 6.45) is 6.01. The molecule has 0 bridgehead atoms. The van der Waals surface area contributed by atoms with Crippen molar-refractivity contribution in [1.82, 2.24) is 19.8 Å². The normalized spacial score (nSPS) is 11.5. The fourth-order valence-corrected chi connectivity index (χ4v) is 3.12. The molecule has 0 unspecified atom stereocenters. The molecular weight excluding hydrogens is 304 g/mol. The number of ether oxygens (including phenoxy) is 1. The van der Waals surface area contributed by atoms with Gasteiger partial charge in [-0.1, -0.05) is 29.5 Å². The predicted octanol–water partition coefficient (Wildman–Crippen LogP) is 3.23. The van der Waals surface area contributed by atoms with Crippen molar-refractivity contribution < 1.29 is 4.74 Å². The van der Waals surface area contributed by atoms with E-state index in [1.54, 1.807) is 18.9 Å². The zero-order valence-electron chi connectivity index (χ0n) is 11.7. The fourth-order valence-electron chi connectivity index (χ4n) is 1.92. The van der Waals surface area contributed by atoms with Crippen LogP contribution < -0.4 is 4.74 Å². The summed E-state index contributed by atoms with van der Waals surface area (Å²) < 4.78 is 7.14. The Morgan fingerprint density at radius 2 is 2.14 bits per heavy atom. The Morgan fingerprint density at radius 1 is 1.29 bits per heavy atom. The first-order valence-corrected chi connectivity index (χ1v) is 8.54. The SMILES string of the molecule is COc1ccccc1/C=C/c1nn2c(CSC)nnc2s1. The molecule has 0 aliphatic rings. The molecule has 0 radical (unpaired) electrons. The summed E-state index contributed by atoms with van der Waals surface area (Å²) in [7, 11) is 1.67. The van der Waals surface area contributed by atoms with Crippen LogP contribution in [0, 0.1) is 0 Å². The Hall–Kier alpha value is -1.86. The maximum absolute atomic E-state index is 5.33. The summed E-state index contributed by atoms with van der Waals surface area (Å²) in [5.41, 5.74) is 1.02. The van der Waals surface area contributed by atoms with E-state index in [0.29, 0.717) is 0 Å². The highest BCUT2D eigenvalue weighted by molar-refractivity contribution is 7.97. The Bertz CT molecular complexity index is 778. The lowest BCUT2D eigenvalue weighted by atomic mass is 10.2. The fraction of sp³-hybridized carbons (Fsp3) is 0.214. The third kappa shape index (κ3) is 2.93. The van der Waals surface area contributed by atoms with Gasteiger partial charge >= 0.3 is 0 Å². The minimum Gasteiger partial charge on any atom is -0.496 e. The number of fused-ring (bicyclic) bond motifs is 1. The molecule has 0 amide bonds. The molecule has 0 saturated carbocycles. The predicted molar refractivity (Wildman–Crippen MR) is 87.8 cm³/mol. The second kappa shape index (κ2) is 6.28. The summed E-state index contributed by atoms with van der Waals surface area (Å²) in [5.74, 6) is 2.53. The van der Waals surface area contributed by atoms with Gasteiger partial charge in [-0.15, -0.1) is 10.2 Å². The van der Waals surface area contributed by atoms with Gasteiger partial charge in [0, 0.05) is 5.56 Å². The van der Waals surface area contributed by atoms with Gasteiger partial charge in [-0.25, -0.2) is 0 Å². The van der Waals surface area contributed by atoms with Crippen molar-refractivity contribution in [3.05, 3.63) is 40.7 Å². The molecule has 0 spiro atoms. The second-order valence-corrected chi connectivity index (χ2v) is 6.11. The monoisotopic (exact) mass is 318 g/mol. The van der Waals surface area contributed by atoms with E-state index in [2.05, 4.69) is 15.3 Å². The Balaban J connectivity index is 1.89. The Kier molecular flexibility index (Phi) is 4.21. The number of hydrogen-bond donors (Lipinski definition) is 0. The van der Waals surface area contributed by atoms with E-state index in [1.165, 1.54) is 11.3 Å². The lowest BCUT2D eigenvalue weighted by Gasteiger charge is -2.02. The van der Waals surface area contributed by atoms with Crippen LogP contribution in [0.4, 0.5) is 0 Å². The van der Waals surface area contributed by atoms with Crippen LogP contribution in [0.3, 0.4) is 0 Å². The summed E-state index contributed by atoms with van der Waals surface area (Å²) >= 11 is 3.22. The molecule has 3 aromatic rings. The number of nitrogens with zero attached hydrogens (tertiary/aromatic N) is 4. The first kappa shape index (κ1) is 14.1. The Morgan fingerprint density at radius 3 is 2.95 bits per heavy atom. The minimum atomic E-state index is 0.806. The molecule has 2 aromatic heterocycles. The third-order valence-corrected chi connectivity index (χ3v) is 4.30. The van der Waals surface area contributed by atoms with E-state index < -0.39 is 0 Å². The van der Waals surface area contributed by atoms with Crippen molar-refractivity contribution >= 4 is 40.2 Å². The molecule has 7 heteroatoms. The first-order chi connectivity index (χ1) is 10.3. The van der Waals surface area contributed by atoms with Crippen molar-refractivity contribution in [2.45, 2.75) is 5.75 Å². The van der Waals surface area contributed by atoms with E-state index >= 15 is 0 Å². The van der Waals surface area contributed by atoms with E-state index in [1.807, 2.05) is 47.2 Å². The quantitative estimate of drug-likeness (QED) is 0.723. The molecule has 3 rings (SSSR count). The largest absolute Gasteiger partial charge is 0.496 e. The zero-order chi connectivity index (χ0) is 14.7. The summed E-state index contributed by atoms with van der Waals surface area (Å²) in [6, 6.07) is 7.88. The van der Waals surface area contributed by atoms with Crippen LogP contribution in [-0.4, -0.2) is 33.2 Å². The summed E-state index contributed by atoms with van der Waals surface area (Å²) in [4.78, 5) is 0.818. The van der Waals surface area contributed by atoms with Gasteiger partial charge < -0.3 is 4.74 Å². The number of benzene rings is 1. The average Bonchev–Trinajstić information content (AvgIpc) is 3.07. The molecule has 0 N–H and O–H groups in total. The number of thioether (sulfide) groups is 1. The van der Waals surface area contributed by atoms with Gasteiger partial charge in [-0.3, -0.25) is 0 Å². The van der Waals surface area contributed by atoms with E-state index in [9.17, 15) is 0 Å². The minimum absolute atomic E-state index is 0.806. The van der Waals surface area contributed by atoms with Crippen LogP contribution in [0.5, 0.6) is 5.75 Å². The molecule has 0 aliphatic heterocycles. The van der Waals surface area contributed by atoms with Crippen LogP contribution in [0.1, 0.15) is 16.4 Å². The van der Waals surface area contributed by atoms with E-state index in [0.717, 1.165) is 32.9 Å². The van der Waals surface area contributed by atoms with Crippen molar-refractivity contribution in [2.24, 2.45) is 0 Å². The number of rotatable bonds is 5. The van der Waals surface area contributed by atoms with Gasteiger partial charge in [0.2, 0.25) is 4.96 Å². The molecule has 0 fully saturated rings. The molecule has 108 valence electrons. The van der Waals surface area contributed by atoms with Gasteiger partial charge in [-0.05, 0) is 24.5 Å². The molecule has 5 nitrogen and oxygen atoms in total. The van der Waals surface area contributed by atoms with Crippen LogP contribution in [0.2, 0.25) is 0 Å². The van der Waals surface area contributed by atoms with E-state index in [-0.39, 0.29) is 0 Å². The maximum atomic E-state index is 5.33. The highest BCUT2D eigenvalue weighted by Gasteiger charge is 2.09. The molecule has 2 heterocycles. The van der Waals surface area contributed by atoms with Gasteiger partial charge in [0.15, 0.2) is 5.82 Å². The average molecular weight is 318 g/mol. The highest BCUT2D eigenvalue weighted by atomic mass is 32.2. The smallest absolute Gasteiger partial charge is 0.234 e. The Labute approximate surface area is 130 Å². The van der Waals surface area contributed by atoms with Gasteiger partial charge in [-0.2, -0.15) is 21.4 Å². The standard InChI is InChI=1S/C14H14N4OS2/c1-19-11-6-4-3-5-10(11)7-8-13-17-18-12(9-20-2)15-16-14(18)21-13/h3-8H,9H2,1-2H3/b8-7+. The third-order valence-electron chi connectivity index (χ3n) is 2.89. The molecular formula is C14H14N4OS2. The lowest BCUT2D eigenvalue weighted by Crippen LogP contribution is -1.93. The highest BCUT2D eigenvalue weighted by Crippen LogP contribution is 2.22. The molecule has 1 aromatic carbocycles. The van der Waals surface area contributed by atoms with Gasteiger partial charge in [0.1, 0.15) is 10.8 Å². The van der Waals surface area contributed by atoms with Crippen LogP contribution in [0.15, 0.2) is 24.3 Å². The van der Waals surface area contributed by atoms with Gasteiger partial charge in [0.05, 0.1) is 12.9 Å². The van der Waals surface area contributed by atoms with Crippen molar-refractivity contribution in [3.8, 4) is 5.75 Å². The van der Waals surface area contributed by atoms with Crippen molar-refractivity contribution in [3.63, 3.8) is 0 Å². The van der Waals surface area contributed by atoms with Crippen molar-refractivity contribution in [2.75, 3.05) is 13.4 Å². The van der Waals surface area contributed by atoms with Crippen LogP contribution in [-0.2, 0) is 5.75 Å².